The van der Waals surface area contributed by atoms with Crippen LogP contribution in [0.2, 0.25) is 0 Å². The van der Waals surface area contributed by atoms with Crippen molar-refractivity contribution in [1.29, 1.82) is 0 Å². The van der Waals surface area contributed by atoms with E-state index in [-0.39, 0.29) is 23.1 Å². The SMILES string of the molecule is C=CC1CCC(c2ccc(-c3ccc(-c4ccc(CCCCC)c(F)c4F)cc3)c(F)c2F)CO1. The van der Waals surface area contributed by atoms with Crippen molar-refractivity contribution in [1.82, 2.24) is 0 Å². The van der Waals surface area contributed by atoms with Gasteiger partial charge in [0, 0.05) is 17.0 Å². The first kappa shape index (κ1) is 25.2. The minimum atomic E-state index is -0.922. The number of halogens is 4. The van der Waals surface area contributed by atoms with E-state index in [0.29, 0.717) is 41.7 Å². The summed E-state index contributed by atoms with van der Waals surface area (Å²) in [4.78, 5) is 0. The van der Waals surface area contributed by atoms with Crippen LogP contribution in [0, 0.1) is 23.3 Å². The molecule has 1 saturated heterocycles. The summed E-state index contributed by atoms with van der Waals surface area (Å²) in [5.74, 6) is -3.71. The normalized spacial score (nSPS) is 18.0. The molecule has 0 bridgehead atoms. The van der Waals surface area contributed by atoms with Crippen molar-refractivity contribution in [3.8, 4) is 22.3 Å². The van der Waals surface area contributed by atoms with Crippen LogP contribution < -0.4 is 0 Å². The second kappa shape index (κ2) is 11.2. The topological polar surface area (TPSA) is 9.23 Å². The molecule has 3 aromatic rings. The van der Waals surface area contributed by atoms with E-state index in [1.54, 1.807) is 54.6 Å². The summed E-state index contributed by atoms with van der Waals surface area (Å²) < 4.78 is 65.0. The maximum atomic E-state index is 15.0. The highest BCUT2D eigenvalue weighted by Gasteiger charge is 2.26. The maximum Gasteiger partial charge on any atom is 0.166 e. The van der Waals surface area contributed by atoms with Crippen LogP contribution in [-0.2, 0) is 11.2 Å². The molecule has 2 unspecified atom stereocenters. The van der Waals surface area contributed by atoms with E-state index in [9.17, 15) is 13.2 Å². The van der Waals surface area contributed by atoms with Gasteiger partial charge in [0.15, 0.2) is 23.3 Å². The van der Waals surface area contributed by atoms with Gasteiger partial charge in [-0.3, -0.25) is 0 Å². The number of rotatable bonds is 8. The van der Waals surface area contributed by atoms with Gasteiger partial charge in [0.05, 0.1) is 12.7 Å². The molecule has 0 radical (unpaired) electrons. The van der Waals surface area contributed by atoms with Crippen LogP contribution in [-0.4, -0.2) is 12.7 Å². The average molecular weight is 483 g/mol. The molecule has 1 heterocycles. The van der Waals surface area contributed by atoms with Gasteiger partial charge in [-0.25, -0.2) is 17.6 Å². The van der Waals surface area contributed by atoms with E-state index in [0.717, 1.165) is 25.7 Å². The van der Waals surface area contributed by atoms with Crippen molar-refractivity contribution in [3.05, 3.63) is 95.6 Å². The summed E-state index contributed by atoms with van der Waals surface area (Å²) in [5.41, 5.74) is 1.88. The first-order valence-corrected chi connectivity index (χ1v) is 12.2. The molecule has 4 rings (SSSR count). The third-order valence-corrected chi connectivity index (χ3v) is 6.84. The van der Waals surface area contributed by atoms with Crippen molar-refractivity contribution < 1.29 is 22.3 Å². The molecule has 0 spiro atoms. The van der Waals surface area contributed by atoms with E-state index in [1.807, 2.05) is 0 Å². The molecular weight excluding hydrogens is 452 g/mol. The largest absolute Gasteiger partial charge is 0.374 e. The van der Waals surface area contributed by atoms with Crippen molar-refractivity contribution in [2.75, 3.05) is 6.61 Å². The Kier molecular flexibility index (Phi) is 8.07. The molecule has 1 aliphatic rings. The Hall–Kier alpha value is -2.92. The second-order valence-electron chi connectivity index (χ2n) is 9.15. The number of hydrogen-bond donors (Lipinski definition) is 0. The average Bonchev–Trinajstić information content (AvgIpc) is 2.89. The molecule has 1 fully saturated rings. The van der Waals surface area contributed by atoms with Crippen LogP contribution in [0.5, 0.6) is 0 Å². The van der Waals surface area contributed by atoms with Gasteiger partial charge in [-0.15, -0.1) is 6.58 Å². The molecule has 0 aliphatic carbocycles. The monoisotopic (exact) mass is 482 g/mol. The zero-order valence-corrected chi connectivity index (χ0v) is 19.9. The lowest BCUT2D eigenvalue weighted by Gasteiger charge is -2.28. The highest BCUT2D eigenvalue weighted by molar-refractivity contribution is 5.71. The third kappa shape index (κ3) is 5.35. The van der Waals surface area contributed by atoms with E-state index in [1.165, 1.54) is 0 Å². The van der Waals surface area contributed by atoms with Gasteiger partial charge in [-0.2, -0.15) is 0 Å². The van der Waals surface area contributed by atoms with Gasteiger partial charge in [0.2, 0.25) is 0 Å². The first-order valence-electron chi connectivity index (χ1n) is 12.2. The first-order chi connectivity index (χ1) is 16.9. The number of unbranched alkanes of at least 4 members (excludes halogenated alkanes) is 2. The Morgan fingerprint density at radius 2 is 1.43 bits per heavy atom. The lowest BCUT2D eigenvalue weighted by Crippen LogP contribution is -2.23. The molecule has 0 N–H and O–H groups in total. The smallest absolute Gasteiger partial charge is 0.166 e. The van der Waals surface area contributed by atoms with Gasteiger partial charge in [0.1, 0.15) is 0 Å². The standard InChI is InChI=1S/C30H30F4O/c1-3-5-6-7-21-13-15-24(28(32)27(21)31)19-8-10-20(11-9-19)25-16-17-26(30(34)29(25)33)22-12-14-23(4-2)35-18-22/h4,8-11,13,15-17,22-23H,2-3,5-7,12,14,18H2,1H3. The summed E-state index contributed by atoms with van der Waals surface area (Å²) in [6.07, 6.45) is 6.37. The van der Waals surface area contributed by atoms with Crippen LogP contribution in [0.15, 0.2) is 61.2 Å². The molecule has 1 aliphatic heterocycles. The van der Waals surface area contributed by atoms with E-state index in [2.05, 4.69) is 13.5 Å². The predicted octanol–water partition coefficient (Wildman–Crippen LogP) is 8.76. The van der Waals surface area contributed by atoms with Crippen LogP contribution in [0.4, 0.5) is 17.6 Å². The number of hydrogen-bond acceptors (Lipinski definition) is 1. The molecule has 0 aromatic heterocycles. The van der Waals surface area contributed by atoms with E-state index >= 15 is 4.39 Å². The van der Waals surface area contributed by atoms with E-state index < -0.39 is 23.3 Å². The van der Waals surface area contributed by atoms with Crippen LogP contribution in [0.25, 0.3) is 22.3 Å². The van der Waals surface area contributed by atoms with Crippen molar-refractivity contribution >= 4 is 0 Å². The van der Waals surface area contributed by atoms with Crippen molar-refractivity contribution in [3.63, 3.8) is 0 Å². The number of aryl methyl sites for hydroxylation is 1. The fourth-order valence-electron chi connectivity index (χ4n) is 4.71. The quantitative estimate of drug-likeness (QED) is 0.177. The van der Waals surface area contributed by atoms with Gasteiger partial charge in [-0.1, -0.05) is 74.4 Å². The summed E-state index contributed by atoms with van der Waals surface area (Å²) in [5, 5.41) is 0. The summed E-state index contributed by atoms with van der Waals surface area (Å²) >= 11 is 0. The van der Waals surface area contributed by atoms with E-state index in [4.69, 9.17) is 4.74 Å². The Morgan fingerprint density at radius 1 is 0.800 bits per heavy atom. The Balaban J connectivity index is 1.55. The summed E-state index contributed by atoms with van der Waals surface area (Å²) in [6.45, 7) is 6.09. The van der Waals surface area contributed by atoms with Crippen LogP contribution in [0.1, 0.15) is 56.1 Å². The number of benzene rings is 3. The van der Waals surface area contributed by atoms with Crippen molar-refractivity contribution in [2.24, 2.45) is 0 Å². The summed E-state index contributed by atoms with van der Waals surface area (Å²) in [6, 6.07) is 12.8. The molecule has 5 heteroatoms. The molecule has 2 atom stereocenters. The Bertz CT molecular complexity index is 1180. The fraction of sp³-hybridized carbons (Fsp3) is 0.333. The number of ether oxygens (including phenoxy) is 1. The lowest BCUT2D eigenvalue weighted by molar-refractivity contribution is 0.0320. The minimum absolute atomic E-state index is 0.0486. The zero-order valence-electron chi connectivity index (χ0n) is 19.9. The third-order valence-electron chi connectivity index (χ3n) is 6.84. The van der Waals surface area contributed by atoms with Gasteiger partial charge < -0.3 is 4.74 Å². The van der Waals surface area contributed by atoms with Gasteiger partial charge in [-0.05, 0) is 47.9 Å². The molecule has 35 heavy (non-hydrogen) atoms. The second-order valence-corrected chi connectivity index (χ2v) is 9.15. The minimum Gasteiger partial charge on any atom is -0.374 e. The highest BCUT2D eigenvalue weighted by atomic mass is 19.2. The molecule has 3 aromatic carbocycles. The molecule has 1 nitrogen and oxygen atoms in total. The Morgan fingerprint density at radius 3 is 2.00 bits per heavy atom. The maximum absolute atomic E-state index is 15.0. The molecule has 0 amide bonds. The zero-order chi connectivity index (χ0) is 24.9. The predicted molar refractivity (Wildman–Crippen MR) is 132 cm³/mol. The van der Waals surface area contributed by atoms with Crippen molar-refractivity contribution in [2.45, 2.75) is 57.5 Å². The molecule has 184 valence electrons. The Labute approximate surface area is 204 Å². The van der Waals surface area contributed by atoms with Crippen LogP contribution >= 0.6 is 0 Å². The molecule has 0 saturated carbocycles. The lowest BCUT2D eigenvalue weighted by atomic mass is 9.89. The van der Waals surface area contributed by atoms with Crippen LogP contribution in [0.3, 0.4) is 0 Å². The molecular formula is C30H30F4O. The summed E-state index contributed by atoms with van der Waals surface area (Å²) in [7, 11) is 0. The highest BCUT2D eigenvalue weighted by Crippen LogP contribution is 2.35. The van der Waals surface area contributed by atoms with Gasteiger partial charge >= 0.3 is 0 Å². The fourth-order valence-corrected chi connectivity index (χ4v) is 4.71. The van der Waals surface area contributed by atoms with Gasteiger partial charge in [0.25, 0.3) is 0 Å².